The number of nitrogens with zero attached hydrogens (tertiary/aromatic N) is 2. The number of halogens is 2. The van der Waals surface area contributed by atoms with E-state index in [1.807, 2.05) is 59.9 Å². The van der Waals surface area contributed by atoms with Gasteiger partial charge < -0.3 is 9.84 Å². The average Bonchev–Trinajstić information content (AvgIpc) is 3.49. The molecule has 1 amide bonds. The van der Waals surface area contributed by atoms with Gasteiger partial charge in [-0.25, -0.2) is 5.43 Å². The van der Waals surface area contributed by atoms with E-state index in [0.717, 1.165) is 46.6 Å². The van der Waals surface area contributed by atoms with Crippen LogP contribution in [0, 0.1) is 0 Å². The Morgan fingerprint density at radius 1 is 1.05 bits per heavy atom. The predicted molar refractivity (Wildman–Crippen MR) is 171 cm³/mol. The summed E-state index contributed by atoms with van der Waals surface area (Å²) >= 11 is 13.9. The summed E-state index contributed by atoms with van der Waals surface area (Å²) in [7, 11) is 0. The molecule has 0 radical (unpaired) electrons. The van der Waals surface area contributed by atoms with Gasteiger partial charge in [0.05, 0.1) is 17.3 Å². The Hall–Kier alpha value is -3.88. The van der Waals surface area contributed by atoms with Gasteiger partial charge in [0.2, 0.25) is 0 Å². The highest BCUT2D eigenvalue weighted by Crippen LogP contribution is 2.38. The molecule has 2 N–H and O–H groups in total. The van der Waals surface area contributed by atoms with Crippen LogP contribution < -0.4 is 10.2 Å². The Balaban J connectivity index is 1.15. The molecule has 1 unspecified atom stereocenters. The van der Waals surface area contributed by atoms with Crippen molar-refractivity contribution in [1.29, 1.82) is 0 Å². The highest BCUT2D eigenvalue weighted by molar-refractivity contribution is 7.10. The molecule has 9 heteroatoms. The van der Waals surface area contributed by atoms with E-state index in [1.54, 1.807) is 6.21 Å². The minimum absolute atomic E-state index is 0.0839. The molecule has 0 fully saturated rings. The van der Waals surface area contributed by atoms with E-state index >= 15 is 0 Å². The van der Waals surface area contributed by atoms with E-state index in [0.29, 0.717) is 12.2 Å². The number of phenolic OH excluding ortho intramolecular Hbond substituents is 1. The third kappa shape index (κ3) is 6.01. The molecule has 1 aliphatic rings. The number of hydrogen-bond donors (Lipinski definition) is 2. The van der Waals surface area contributed by atoms with E-state index in [4.69, 9.17) is 27.9 Å². The average molecular weight is 617 g/mol. The lowest BCUT2D eigenvalue weighted by Crippen LogP contribution is -2.38. The Bertz CT molecular complexity index is 1770. The fourth-order valence-electron chi connectivity index (χ4n) is 5.32. The lowest BCUT2D eigenvalue weighted by molar-refractivity contribution is 0.0955. The number of hydrazone groups is 1. The zero-order valence-corrected chi connectivity index (χ0v) is 24.8. The quantitative estimate of drug-likeness (QED) is 0.138. The summed E-state index contributed by atoms with van der Waals surface area (Å²) < 4.78 is 6.36. The first-order chi connectivity index (χ1) is 20.5. The number of hydrogen-bond acceptors (Lipinski definition) is 6. The van der Waals surface area contributed by atoms with Crippen molar-refractivity contribution in [2.45, 2.75) is 12.5 Å². The van der Waals surface area contributed by atoms with Gasteiger partial charge in [-0.3, -0.25) is 9.69 Å². The maximum Gasteiger partial charge on any atom is 0.271 e. The molecule has 0 spiro atoms. The molecule has 212 valence electrons. The van der Waals surface area contributed by atoms with Crippen molar-refractivity contribution < 1.29 is 14.6 Å². The van der Waals surface area contributed by atoms with E-state index in [-0.39, 0.29) is 16.8 Å². The summed E-state index contributed by atoms with van der Waals surface area (Å²) in [4.78, 5) is 16.4. The van der Waals surface area contributed by atoms with E-state index < -0.39 is 5.91 Å². The lowest BCUT2D eigenvalue weighted by atomic mass is 9.93. The number of carbonyl (C=O) groups is 1. The smallest absolute Gasteiger partial charge is 0.271 e. The molecular formula is C33H27Cl2N3O3S. The first-order valence-corrected chi connectivity index (χ1v) is 15.1. The molecule has 1 aromatic heterocycles. The van der Waals surface area contributed by atoms with Crippen molar-refractivity contribution in [2.24, 2.45) is 5.10 Å². The Kier molecular flexibility index (Phi) is 8.44. The van der Waals surface area contributed by atoms with Gasteiger partial charge in [-0.15, -0.1) is 11.3 Å². The first kappa shape index (κ1) is 28.2. The standard InChI is InChI=1S/C33H27Cl2N3O3S/c34-24-9-5-21(6-10-24)32-27-14-18-42-31(27)13-15-38(32)16-17-41-30-12-8-23(25-3-1-2-4-26(25)30)20-36-37-33(40)22-7-11-29(39)28(35)19-22/h1-12,14,18-20,32,39H,13,15-17H2,(H,37,40)/b36-20+. The van der Waals surface area contributed by atoms with Gasteiger partial charge in [-0.05, 0) is 76.8 Å². The highest BCUT2D eigenvalue weighted by atomic mass is 35.5. The molecule has 0 saturated heterocycles. The molecule has 0 saturated carbocycles. The largest absolute Gasteiger partial charge is 0.506 e. The maximum atomic E-state index is 12.5. The van der Waals surface area contributed by atoms with Gasteiger partial charge in [0, 0.05) is 39.5 Å². The lowest BCUT2D eigenvalue weighted by Gasteiger charge is -2.36. The van der Waals surface area contributed by atoms with Gasteiger partial charge in [0.15, 0.2) is 0 Å². The minimum atomic E-state index is -0.429. The Labute approximate surface area is 257 Å². The van der Waals surface area contributed by atoms with Gasteiger partial charge in [0.1, 0.15) is 18.1 Å². The van der Waals surface area contributed by atoms with Crippen LogP contribution >= 0.6 is 34.5 Å². The number of carbonyl (C=O) groups excluding carboxylic acids is 1. The van der Waals surface area contributed by atoms with Crippen molar-refractivity contribution in [3.8, 4) is 11.5 Å². The SMILES string of the molecule is O=C(N/N=C/c1ccc(OCCN2CCc3sccc3C2c2ccc(Cl)cc2)c2ccccc12)c1ccc(O)c(Cl)c1. The predicted octanol–water partition coefficient (Wildman–Crippen LogP) is 7.70. The molecule has 42 heavy (non-hydrogen) atoms. The monoisotopic (exact) mass is 615 g/mol. The number of amides is 1. The summed E-state index contributed by atoms with van der Waals surface area (Å²) in [6.07, 6.45) is 2.64. The Morgan fingerprint density at radius 3 is 2.67 bits per heavy atom. The second kappa shape index (κ2) is 12.5. The van der Waals surface area contributed by atoms with Crippen molar-refractivity contribution in [3.63, 3.8) is 0 Å². The van der Waals surface area contributed by atoms with Crippen LogP contribution in [0.4, 0.5) is 0 Å². The molecule has 5 aromatic rings. The third-order valence-corrected chi connectivity index (χ3v) is 8.94. The second-order valence-electron chi connectivity index (χ2n) is 9.95. The van der Waals surface area contributed by atoms with Gasteiger partial charge in [-0.1, -0.05) is 59.6 Å². The van der Waals surface area contributed by atoms with Crippen molar-refractivity contribution >= 4 is 57.4 Å². The zero-order chi connectivity index (χ0) is 29.1. The van der Waals surface area contributed by atoms with Gasteiger partial charge in [0.25, 0.3) is 5.91 Å². The Morgan fingerprint density at radius 2 is 1.86 bits per heavy atom. The highest BCUT2D eigenvalue weighted by Gasteiger charge is 2.29. The number of nitrogens with one attached hydrogen (secondary N) is 1. The number of thiophene rings is 1. The summed E-state index contributed by atoms with van der Waals surface area (Å²) in [5.41, 5.74) is 6.25. The van der Waals surface area contributed by atoms with Crippen LogP contribution in [0.5, 0.6) is 11.5 Å². The molecule has 6 rings (SSSR count). The van der Waals surface area contributed by atoms with Crippen LogP contribution in [0.1, 0.15) is 38.0 Å². The fourth-order valence-corrected chi connectivity index (χ4v) is 6.53. The van der Waals surface area contributed by atoms with E-state index in [2.05, 4.69) is 39.0 Å². The molecule has 1 aliphatic heterocycles. The van der Waals surface area contributed by atoms with Crippen LogP contribution in [0.3, 0.4) is 0 Å². The minimum Gasteiger partial charge on any atom is -0.506 e. The zero-order valence-electron chi connectivity index (χ0n) is 22.5. The van der Waals surface area contributed by atoms with Crippen molar-refractivity contribution in [2.75, 3.05) is 19.7 Å². The van der Waals surface area contributed by atoms with Crippen LogP contribution in [0.15, 0.2) is 95.4 Å². The molecule has 1 atom stereocenters. The molecule has 4 aromatic carbocycles. The summed E-state index contributed by atoms with van der Waals surface area (Å²) in [6.45, 7) is 2.27. The normalized spacial score (nSPS) is 15.1. The first-order valence-electron chi connectivity index (χ1n) is 13.5. The second-order valence-corrected chi connectivity index (χ2v) is 11.8. The van der Waals surface area contributed by atoms with Crippen molar-refractivity contribution in [3.05, 3.63) is 127 Å². The molecule has 6 nitrogen and oxygen atoms in total. The van der Waals surface area contributed by atoms with E-state index in [9.17, 15) is 9.90 Å². The number of ether oxygens (including phenoxy) is 1. The number of phenols is 1. The number of benzene rings is 4. The number of aromatic hydroxyl groups is 1. The molecule has 0 bridgehead atoms. The molecule has 0 aliphatic carbocycles. The summed E-state index contributed by atoms with van der Waals surface area (Å²) in [5.74, 6) is 0.280. The molecule has 2 heterocycles. The van der Waals surface area contributed by atoms with Crippen LogP contribution in [0.25, 0.3) is 10.8 Å². The van der Waals surface area contributed by atoms with Crippen LogP contribution in [-0.4, -0.2) is 41.8 Å². The van der Waals surface area contributed by atoms with Crippen LogP contribution in [-0.2, 0) is 6.42 Å². The van der Waals surface area contributed by atoms with Gasteiger partial charge >= 0.3 is 0 Å². The van der Waals surface area contributed by atoms with E-state index in [1.165, 1.54) is 34.2 Å². The number of fused-ring (bicyclic) bond motifs is 2. The molecular weight excluding hydrogens is 589 g/mol. The fraction of sp³-hybridized carbons (Fsp3) is 0.152. The van der Waals surface area contributed by atoms with Crippen molar-refractivity contribution in [1.82, 2.24) is 10.3 Å². The van der Waals surface area contributed by atoms with Crippen LogP contribution in [0.2, 0.25) is 10.0 Å². The third-order valence-electron chi connectivity index (χ3n) is 7.38. The summed E-state index contributed by atoms with van der Waals surface area (Å²) in [6, 6.07) is 26.6. The maximum absolute atomic E-state index is 12.5. The number of rotatable bonds is 8. The summed E-state index contributed by atoms with van der Waals surface area (Å²) in [5, 5.41) is 18.7. The van der Waals surface area contributed by atoms with Gasteiger partial charge in [-0.2, -0.15) is 5.10 Å². The topological polar surface area (TPSA) is 74.2 Å².